The SMILES string of the molecule is Cc1nc2c(C)cccn2c1CC(=O)Nc1cccc2c1C(=O)c1ccccc1C2=O. The van der Waals surface area contributed by atoms with E-state index in [4.69, 9.17) is 0 Å². The number of carbonyl (C=O) groups excluding carboxylic acids is 3. The fourth-order valence-electron chi connectivity index (χ4n) is 4.17. The highest BCUT2D eigenvalue weighted by molar-refractivity contribution is 6.30. The fraction of sp³-hybridized carbons (Fsp3) is 0.120. The summed E-state index contributed by atoms with van der Waals surface area (Å²) < 4.78 is 1.91. The Hall–Kier alpha value is -4.06. The lowest BCUT2D eigenvalue weighted by atomic mass is 9.83. The Morgan fingerprint density at radius 2 is 1.61 bits per heavy atom. The Labute approximate surface area is 178 Å². The monoisotopic (exact) mass is 409 g/mol. The first-order valence-corrected chi connectivity index (χ1v) is 10.00. The van der Waals surface area contributed by atoms with Crippen molar-refractivity contribution in [1.82, 2.24) is 9.38 Å². The predicted octanol–water partition coefficient (Wildman–Crippen LogP) is 3.91. The molecule has 0 fully saturated rings. The van der Waals surface area contributed by atoms with Crippen molar-refractivity contribution < 1.29 is 14.4 Å². The molecule has 5 rings (SSSR count). The molecule has 0 bridgehead atoms. The number of hydrogen-bond acceptors (Lipinski definition) is 4. The van der Waals surface area contributed by atoms with Crippen LogP contribution in [0.1, 0.15) is 48.8 Å². The lowest BCUT2D eigenvalue weighted by Gasteiger charge is -2.20. The van der Waals surface area contributed by atoms with E-state index in [1.54, 1.807) is 42.5 Å². The van der Waals surface area contributed by atoms with Crippen molar-refractivity contribution in [3.05, 3.63) is 100.0 Å². The van der Waals surface area contributed by atoms with Crippen LogP contribution >= 0.6 is 0 Å². The second-order valence-electron chi connectivity index (χ2n) is 7.69. The summed E-state index contributed by atoms with van der Waals surface area (Å²) >= 11 is 0. The van der Waals surface area contributed by atoms with Gasteiger partial charge < -0.3 is 9.72 Å². The van der Waals surface area contributed by atoms with Gasteiger partial charge in [0.1, 0.15) is 5.65 Å². The van der Waals surface area contributed by atoms with Crippen LogP contribution in [-0.4, -0.2) is 26.9 Å². The summed E-state index contributed by atoms with van der Waals surface area (Å²) in [5.41, 5.74) is 5.05. The Morgan fingerprint density at radius 3 is 2.39 bits per heavy atom. The molecule has 1 amide bonds. The molecule has 1 N–H and O–H groups in total. The Morgan fingerprint density at radius 1 is 0.903 bits per heavy atom. The summed E-state index contributed by atoms with van der Waals surface area (Å²) in [7, 11) is 0. The number of nitrogens with zero attached hydrogens (tertiary/aromatic N) is 2. The third-order valence-corrected chi connectivity index (χ3v) is 5.70. The molecule has 1 aliphatic rings. The first-order chi connectivity index (χ1) is 15.0. The minimum absolute atomic E-state index is 0.0961. The zero-order chi connectivity index (χ0) is 21.7. The molecule has 1 aliphatic carbocycles. The third-order valence-electron chi connectivity index (χ3n) is 5.70. The van der Waals surface area contributed by atoms with Gasteiger partial charge in [0.25, 0.3) is 0 Å². The van der Waals surface area contributed by atoms with E-state index in [0.717, 1.165) is 22.6 Å². The molecule has 0 radical (unpaired) electrons. The lowest BCUT2D eigenvalue weighted by Crippen LogP contribution is -2.24. The Bertz CT molecular complexity index is 1420. The zero-order valence-corrected chi connectivity index (χ0v) is 17.1. The summed E-state index contributed by atoms with van der Waals surface area (Å²) in [6.45, 7) is 3.85. The number of fused-ring (bicyclic) bond motifs is 3. The number of hydrogen-bond donors (Lipinski definition) is 1. The van der Waals surface area contributed by atoms with Crippen LogP contribution in [0.4, 0.5) is 5.69 Å². The first-order valence-electron chi connectivity index (χ1n) is 10.00. The summed E-state index contributed by atoms with van der Waals surface area (Å²) in [6, 6.07) is 15.6. The largest absolute Gasteiger partial charge is 0.325 e. The molecule has 31 heavy (non-hydrogen) atoms. The molecule has 6 nitrogen and oxygen atoms in total. The first kappa shape index (κ1) is 18.9. The van der Waals surface area contributed by atoms with Crippen LogP contribution in [0, 0.1) is 13.8 Å². The molecule has 0 unspecified atom stereocenters. The normalized spacial score (nSPS) is 12.6. The molecule has 0 spiro atoms. The second kappa shape index (κ2) is 7.02. The van der Waals surface area contributed by atoms with E-state index in [0.29, 0.717) is 22.4 Å². The number of ketones is 2. The van der Waals surface area contributed by atoms with Gasteiger partial charge in [-0.25, -0.2) is 4.98 Å². The average Bonchev–Trinajstić information content (AvgIpc) is 3.08. The Balaban J connectivity index is 1.49. The van der Waals surface area contributed by atoms with Gasteiger partial charge in [-0.1, -0.05) is 42.5 Å². The molecule has 6 heteroatoms. The number of rotatable bonds is 3. The fourth-order valence-corrected chi connectivity index (χ4v) is 4.17. The van der Waals surface area contributed by atoms with Gasteiger partial charge in [0.2, 0.25) is 5.91 Å². The topological polar surface area (TPSA) is 80.5 Å². The van der Waals surface area contributed by atoms with E-state index >= 15 is 0 Å². The van der Waals surface area contributed by atoms with Gasteiger partial charge in [-0.2, -0.15) is 0 Å². The summed E-state index contributed by atoms with van der Waals surface area (Å²) in [5, 5.41) is 2.84. The number of aromatic nitrogens is 2. The maximum absolute atomic E-state index is 13.1. The van der Waals surface area contributed by atoms with Crippen molar-refractivity contribution >= 4 is 28.8 Å². The van der Waals surface area contributed by atoms with Crippen LogP contribution in [0.2, 0.25) is 0 Å². The van der Waals surface area contributed by atoms with Crippen molar-refractivity contribution in [2.75, 3.05) is 5.32 Å². The highest BCUT2D eigenvalue weighted by Crippen LogP contribution is 2.32. The number of anilines is 1. The number of benzene rings is 2. The number of nitrogens with one attached hydrogen (secondary N) is 1. The molecule has 0 atom stereocenters. The van der Waals surface area contributed by atoms with Crippen LogP contribution in [0.25, 0.3) is 5.65 Å². The van der Waals surface area contributed by atoms with Gasteiger partial charge >= 0.3 is 0 Å². The van der Waals surface area contributed by atoms with Gasteiger partial charge in [-0.05, 0) is 31.5 Å². The van der Waals surface area contributed by atoms with Crippen LogP contribution in [-0.2, 0) is 11.2 Å². The number of amides is 1. The van der Waals surface area contributed by atoms with E-state index in [-0.39, 0.29) is 29.5 Å². The molecular weight excluding hydrogens is 390 g/mol. The van der Waals surface area contributed by atoms with Crippen molar-refractivity contribution in [3.63, 3.8) is 0 Å². The zero-order valence-electron chi connectivity index (χ0n) is 17.1. The van der Waals surface area contributed by atoms with E-state index in [9.17, 15) is 14.4 Å². The molecule has 2 aromatic heterocycles. The van der Waals surface area contributed by atoms with E-state index in [1.807, 2.05) is 36.6 Å². The standard InChI is InChI=1S/C25H19N3O3/c1-14-7-6-12-28-20(15(2)26-25(14)28)13-21(29)27-19-11-5-10-18-22(19)24(31)17-9-4-3-8-16(17)23(18)30/h3-12H,13H2,1-2H3,(H,27,29). The predicted molar refractivity (Wildman–Crippen MR) is 117 cm³/mol. The number of imidazole rings is 1. The van der Waals surface area contributed by atoms with Crippen LogP contribution in [0.15, 0.2) is 60.8 Å². The van der Waals surface area contributed by atoms with Crippen LogP contribution in [0.3, 0.4) is 0 Å². The molecule has 0 saturated heterocycles. The minimum atomic E-state index is -0.279. The molecule has 4 aromatic rings. The highest BCUT2D eigenvalue weighted by Gasteiger charge is 2.31. The number of aryl methyl sites for hydroxylation is 2. The summed E-state index contributed by atoms with van der Waals surface area (Å²) in [4.78, 5) is 43.5. The van der Waals surface area contributed by atoms with Crippen molar-refractivity contribution in [3.8, 4) is 0 Å². The van der Waals surface area contributed by atoms with E-state index < -0.39 is 0 Å². The van der Waals surface area contributed by atoms with E-state index in [1.165, 1.54) is 0 Å². The quantitative estimate of drug-likeness (QED) is 0.490. The van der Waals surface area contributed by atoms with Crippen molar-refractivity contribution in [2.45, 2.75) is 20.3 Å². The highest BCUT2D eigenvalue weighted by atomic mass is 16.2. The van der Waals surface area contributed by atoms with Gasteiger partial charge in [-0.3, -0.25) is 14.4 Å². The maximum Gasteiger partial charge on any atom is 0.230 e. The van der Waals surface area contributed by atoms with Gasteiger partial charge in [-0.15, -0.1) is 0 Å². The van der Waals surface area contributed by atoms with Gasteiger partial charge in [0.05, 0.1) is 29.1 Å². The smallest absolute Gasteiger partial charge is 0.230 e. The second-order valence-corrected chi connectivity index (χ2v) is 7.69. The van der Waals surface area contributed by atoms with E-state index in [2.05, 4.69) is 10.3 Å². The van der Waals surface area contributed by atoms with Crippen molar-refractivity contribution in [2.24, 2.45) is 0 Å². The van der Waals surface area contributed by atoms with Gasteiger partial charge in [0, 0.05) is 22.9 Å². The molecule has 2 aromatic carbocycles. The summed E-state index contributed by atoms with van der Waals surface area (Å²) in [6.07, 6.45) is 1.98. The molecule has 2 heterocycles. The van der Waals surface area contributed by atoms with Crippen molar-refractivity contribution in [1.29, 1.82) is 0 Å². The number of pyridine rings is 1. The number of carbonyl (C=O) groups is 3. The summed E-state index contributed by atoms with van der Waals surface area (Å²) in [5.74, 6) is -0.754. The van der Waals surface area contributed by atoms with Crippen LogP contribution in [0.5, 0.6) is 0 Å². The third kappa shape index (κ3) is 2.95. The molecule has 152 valence electrons. The average molecular weight is 409 g/mol. The minimum Gasteiger partial charge on any atom is -0.325 e. The molecule has 0 aliphatic heterocycles. The lowest BCUT2D eigenvalue weighted by molar-refractivity contribution is -0.115. The molecule has 0 saturated carbocycles. The van der Waals surface area contributed by atoms with Gasteiger partial charge in [0.15, 0.2) is 11.6 Å². The maximum atomic E-state index is 13.1. The van der Waals surface area contributed by atoms with Crippen LogP contribution < -0.4 is 5.32 Å². The Kier molecular flexibility index (Phi) is 4.29. The molecular formula is C25H19N3O3.